The standard InChI is InChI=1S/C14H17N3O/c1-3-18-13-6-4-11(5-7-13)14(15-2)12-8-16-10-17-9-12/h4-10,14-15H,3H2,1-2H3. The van der Waals surface area contributed by atoms with Crippen molar-refractivity contribution >= 4 is 0 Å². The Morgan fingerprint density at radius 2 is 1.78 bits per heavy atom. The summed E-state index contributed by atoms with van der Waals surface area (Å²) in [5, 5.41) is 3.27. The lowest BCUT2D eigenvalue weighted by molar-refractivity contribution is 0.340. The van der Waals surface area contributed by atoms with Crippen molar-refractivity contribution in [1.29, 1.82) is 0 Å². The van der Waals surface area contributed by atoms with E-state index in [2.05, 4.69) is 27.4 Å². The Morgan fingerprint density at radius 1 is 1.11 bits per heavy atom. The second-order valence-corrected chi connectivity index (χ2v) is 3.90. The van der Waals surface area contributed by atoms with E-state index in [9.17, 15) is 0 Å². The number of hydrogen-bond donors (Lipinski definition) is 1. The molecule has 0 radical (unpaired) electrons. The fraction of sp³-hybridized carbons (Fsp3) is 0.286. The molecule has 2 aromatic rings. The Labute approximate surface area is 107 Å². The Balaban J connectivity index is 2.23. The van der Waals surface area contributed by atoms with Gasteiger partial charge in [-0.25, -0.2) is 9.97 Å². The van der Waals surface area contributed by atoms with Crippen molar-refractivity contribution < 1.29 is 4.74 Å². The maximum absolute atomic E-state index is 5.43. The maximum atomic E-state index is 5.43. The predicted molar refractivity (Wildman–Crippen MR) is 70.5 cm³/mol. The summed E-state index contributed by atoms with van der Waals surface area (Å²) >= 11 is 0. The van der Waals surface area contributed by atoms with Crippen LogP contribution in [0.5, 0.6) is 5.75 Å². The number of aromatic nitrogens is 2. The zero-order valence-electron chi connectivity index (χ0n) is 10.6. The molecular formula is C14H17N3O. The van der Waals surface area contributed by atoms with Crippen molar-refractivity contribution in [2.24, 2.45) is 0 Å². The molecule has 0 aliphatic carbocycles. The van der Waals surface area contributed by atoms with Crippen molar-refractivity contribution in [3.05, 3.63) is 54.1 Å². The molecule has 4 heteroatoms. The Hall–Kier alpha value is -1.94. The highest BCUT2D eigenvalue weighted by atomic mass is 16.5. The number of nitrogens with one attached hydrogen (secondary N) is 1. The molecule has 0 spiro atoms. The van der Waals surface area contributed by atoms with Crippen LogP contribution in [0.15, 0.2) is 43.0 Å². The quantitative estimate of drug-likeness (QED) is 0.874. The van der Waals surface area contributed by atoms with Crippen molar-refractivity contribution in [3.63, 3.8) is 0 Å². The Morgan fingerprint density at radius 3 is 2.33 bits per heavy atom. The number of rotatable bonds is 5. The third-order valence-corrected chi connectivity index (χ3v) is 2.73. The predicted octanol–water partition coefficient (Wildman–Crippen LogP) is 2.18. The van der Waals surface area contributed by atoms with Crippen LogP contribution in [0.1, 0.15) is 24.1 Å². The smallest absolute Gasteiger partial charge is 0.119 e. The third-order valence-electron chi connectivity index (χ3n) is 2.73. The third kappa shape index (κ3) is 2.84. The first-order chi connectivity index (χ1) is 8.85. The lowest BCUT2D eigenvalue weighted by Crippen LogP contribution is -2.17. The molecule has 1 aromatic heterocycles. The highest BCUT2D eigenvalue weighted by Gasteiger charge is 2.12. The van der Waals surface area contributed by atoms with E-state index < -0.39 is 0 Å². The zero-order chi connectivity index (χ0) is 12.8. The summed E-state index contributed by atoms with van der Waals surface area (Å²) in [6, 6.07) is 8.17. The van der Waals surface area contributed by atoms with Crippen molar-refractivity contribution in [2.45, 2.75) is 13.0 Å². The Kier molecular flexibility index (Phi) is 4.25. The summed E-state index contributed by atoms with van der Waals surface area (Å²) < 4.78 is 5.43. The van der Waals surface area contributed by atoms with Crippen molar-refractivity contribution in [3.8, 4) is 5.75 Å². The molecule has 0 fully saturated rings. The minimum atomic E-state index is 0.0990. The first-order valence-electron chi connectivity index (χ1n) is 6.00. The fourth-order valence-corrected chi connectivity index (χ4v) is 1.91. The molecule has 1 unspecified atom stereocenters. The first-order valence-corrected chi connectivity index (χ1v) is 6.00. The van der Waals surface area contributed by atoms with E-state index in [1.807, 2.05) is 38.5 Å². The van der Waals surface area contributed by atoms with Gasteiger partial charge in [0.2, 0.25) is 0 Å². The average Bonchev–Trinajstić information content (AvgIpc) is 2.43. The van der Waals surface area contributed by atoms with Gasteiger partial charge in [0.15, 0.2) is 0 Å². The Bertz CT molecular complexity index is 470. The number of nitrogens with zero attached hydrogens (tertiary/aromatic N) is 2. The zero-order valence-corrected chi connectivity index (χ0v) is 10.6. The number of benzene rings is 1. The van der Waals surface area contributed by atoms with Gasteiger partial charge in [-0.1, -0.05) is 12.1 Å². The fourth-order valence-electron chi connectivity index (χ4n) is 1.91. The second-order valence-electron chi connectivity index (χ2n) is 3.90. The SMILES string of the molecule is CCOc1ccc(C(NC)c2cncnc2)cc1. The molecule has 0 aliphatic rings. The summed E-state index contributed by atoms with van der Waals surface area (Å²) in [6.45, 7) is 2.66. The van der Waals surface area contributed by atoms with Gasteiger partial charge in [-0.2, -0.15) is 0 Å². The molecule has 4 nitrogen and oxygen atoms in total. The maximum Gasteiger partial charge on any atom is 0.119 e. The molecule has 1 N–H and O–H groups in total. The summed E-state index contributed by atoms with van der Waals surface area (Å²) in [7, 11) is 1.92. The van der Waals surface area contributed by atoms with Gasteiger partial charge < -0.3 is 10.1 Å². The van der Waals surface area contributed by atoms with Crippen LogP contribution >= 0.6 is 0 Å². The summed E-state index contributed by atoms with van der Waals surface area (Å²) in [6.07, 6.45) is 5.18. The van der Waals surface area contributed by atoms with Crippen LogP contribution in [0.3, 0.4) is 0 Å². The molecule has 1 heterocycles. The van der Waals surface area contributed by atoms with E-state index in [-0.39, 0.29) is 6.04 Å². The van der Waals surface area contributed by atoms with Gasteiger partial charge in [-0.15, -0.1) is 0 Å². The van der Waals surface area contributed by atoms with E-state index in [1.165, 1.54) is 6.33 Å². The van der Waals surface area contributed by atoms with Gasteiger partial charge in [0.05, 0.1) is 12.6 Å². The van der Waals surface area contributed by atoms with Crippen LogP contribution in [-0.2, 0) is 0 Å². The molecule has 0 amide bonds. The van der Waals surface area contributed by atoms with Gasteiger partial charge in [0.1, 0.15) is 12.1 Å². The van der Waals surface area contributed by atoms with Gasteiger partial charge in [-0.3, -0.25) is 0 Å². The monoisotopic (exact) mass is 243 g/mol. The van der Waals surface area contributed by atoms with Gasteiger partial charge in [0.25, 0.3) is 0 Å². The summed E-state index contributed by atoms with van der Waals surface area (Å²) in [5.41, 5.74) is 2.21. The molecule has 0 aliphatic heterocycles. The van der Waals surface area contributed by atoms with Crippen molar-refractivity contribution in [2.75, 3.05) is 13.7 Å². The number of ether oxygens (including phenoxy) is 1. The molecule has 0 bridgehead atoms. The van der Waals surface area contributed by atoms with E-state index in [1.54, 1.807) is 0 Å². The normalized spacial score (nSPS) is 12.1. The van der Waals surface area contributed by atoms with Crippen LogP contribution in [0.25, 0.3) is 0 Å². The topological polar surface area (TPSA) is 47.0 Å². The van der Waals surface area contributed by atoms with Crippen molar-refractivity contribution in [1.82, 2.24) is 15.3 Å². The molecule has 1 aromatic carbocycles. The molecule has 0 saturated carbocycles. The molecular weight excluding hydrogens is 226 g/mol. The average molecular weight is 243 g/mol. The minimum Gasteiger partial charge on any atom is -0.494 e. The van der Waals surface area contributed by atoms with Crippen LogP contribution in [0.4, 0.5) is 0 Å². The van der Waals surface area contributed by atoms with Crippen LogP contribution < -0.4 is 10.1 Å². The van der Waals surface area contributed by atoms with E-state index >= 15 is 0 Å². The minimum absolute atomic E-state index is 0.0990. The van der Waals surface area contributed by atoms with Crippen LogP contribution in [0.2, 0.25) is 0 Å². The second kappa shape index (κ2) is 6.12. The number of hydrogen-bond acceptors (Lipinski definition) is 4. The molecule has 2 rings (SSSR count). The molecule has 0 saturated heterocycles. The summed E-state index contributed by atoms with van der Waals surface area (Å²) in [5.74, 6) is 0.889. The van der Waals surface area contributed by atoms with Gasteiger partial charge in [0, 0.05) is 18.0 Å². The molecule has 18 heavy (non-hydrogen) atoms. The lowest BCUT2D eigenvalue weighted by atomic mass is 10.0. The van der Waals surface area contributed by atoms with Crippen LogP contribution in [0, 0.1) is 0 Å². The van der Waals surface area contributed by atoms with Gasteiger partial charge in [-0.05, 0) is 31.7 Å². The highest BCUT2D eigenvalue weighted by Crippen LogP contribution is 2.22. The highest BCUT2D eigenvalue weighted by molar-refractivity contribution is 5.33. The lowest BCUT2D eigenvalue weighted by Gasteiger charge is -2.16. The molecule has 1 atom stereocenters. The van der Waals surface area contributed by atoms with E-state index in [4.69, 9.17) is 4.74 Å². The molecule has 94 valence electrons. The van der Waals surface area contributed by atoms with Gasteiger partial charge >= 0.3 is 0 Å². The van der Waals surface area contributed by atoms with Crippen LogP contribution in [-0.4, -0.2) is 23.6 Å². The van der Waals surface area contributed by atoms with E-state index in [0.717, 1.165) is 16.9 Å². The van der Waals surface area contributed by atoms with E-state index in [0.29, 0.717) is 6.61 Å². The largest absolute Gasteiger partial charge is 0.494 e. The summed E-state index contributed by atoms with van der Waals surface area (Å²) in [4.78, 5) is 8.10. The first kappa shape index (κ1) is 12.5.